The first kappa shape index (κ1) is 66.0. The van der Waals surface area contributed by atoms with Crippen LogP contribution in [-0.4, -0.2) is 37.2 Å². The van der Waals surface area contributed by atoms with Crippen LogP contribution in [0.2, 0.25) is 0 Å². The van der Waals surface area contributed by atoms with Gasteiger partial charge in [-0.1, -0.05) is 256 Å². The molecule has 71 heavy (non-hydrogen) atoms. The first-order valence-electron chi connectivity index (χ1n) is 28.1. The molecule has 0 N–H and O–H groups in total. The largest absolute Gasteiger partial charge is 0.462 e. The molecule has 0 saturated heterocycles. The standard InChI is InChI=1S/C65H100O6/c1-4-7-10-13-16-19-22-25-28-31-33-35-37-40-43-46-49-52-55-58-64(67)70-61-62(60-69-63(66)57-54-51-48-45-42-39-36-30-27-24-21-18-15-12-9-6-3)71-65(68)59-56-53-50-47-44-41-38-34-32-29-26-23-20-17-14-11-8-5-2/h7,9-10,12-13,16,18-19,21-23,25-35,37-38,40,43,62H,4-6,8,11,14-15,17,20,24,36,39,41-42,44-61H2,1-3H3/b10-7-,12-9-,16-13-,21-18-,22-19-,26-23-,28-25-,30-27-,32-29-,33-31+,37-35-,38-34-,43-40-. The molecule has 0 fully saturated rings. The highest BCUT2D eigenvalue weighted by Crippen LogP contribution is 2.13. The van der Waals surface area contributed by atoms with Gasteiger partial charge in [0.05, 0.1) is 0 Å². The Morgan fingerprint density at radius 3 is 1.04 bits per heavy atom. The van der Waals surface area contributed by atoms with Gasteiger partial charge in [-0.15, -0.1) is 0 Å². The molecular formula is C65H100O6. The minimum Gasteiger partial charge on any atom is -0.462 e. The van der Waals surface area contributed by atoms with Gasteiger partial charge in [-0.3, -0.25) is 14.4 Å². The predicted octanol–water partition coefficient (Wildman–Crippen LogP) is 19.0. The van der Waals surface area contributed by atoms with E-state index in [1.165, 1.54) is 44.9 Å². The highest BCUT2D eigenvalue weighted by atomic mass is 16.6. The summed E-state index contributed by atoms with van der Waals surface area (Å²) in [6.07, 6.45) is 83.6. The van der Waals surface area contributed by atoms with Crippen molar-refractivity contribution in [3.63, 3.8) is 0 Å². The Balaban J connectivity index is 4.60. The number of allylic oxidation sites excluding steroid dienone is 26. The summed E-state index contributed by atoms with van der Waals surface area (Å²) < 4.78 is 16.8. The van der Waals surface area contributed by atoms with Gasteiger partial charge in [0.2, 0.25) is 0 Å². The normalized spacial score (nSPS) is 13.3. The molecule has 0 aromatic rings. The number of ether oxygens (including phenoxy) is 3. The molecule has 0 rings (SSSR count). The van der Waals surface area contributed by atoms with Crippen LogP contribution in [0.4, 0.5) is 0 Å². The third-order valence-electron chi connectivity index (χ3n) is 11.3. The zero-order valence-electron chi connectivity index (χ0n) is 45.2. The molecule has 0 radical (unpaired) electrons. The van der Waals surface area contributed by atoms with Gasteiger partial charge in [-0.05, 0) is 96.3 Å². The summed E-state index contributed by atoms with van der Waals surface area (Å²) in [4.78, 5) is 38.2. The molecule has 1 atom stereocenters. The Kier molecular flexibility index (Phi) is 53.6. The predicted molar refractivity (Wildman–Crippen MR) is 306 cm³/mol. The maximum absolute atomic E-state index is 12.9. The maximum atomic E-state index is 12.9. The first-order chi connectivity index (χ1) is 35.0. The van der Waals surface area contributed by atoms with Crippen LogP contribution in [0.1, 0.15) is 213 Å². The summed E-state index contributed by atoms with van der Waals surface area (Å²) in [6, 6.07) is 0. The third kappa shape index (κ3) is 55.8. The van der Waals surface area contributed by atoms with E-state index in [2.05, 4.69) is 106 Å². The molecule has 0 heterocycles. The molecule has 0 bridgehead atoms. The lowest BCUT2D eigenvalue weighted by molar-refractivity contribution is -0.167. The van der Waals surface area contributed by atoms with Crippen LogP contribution in [0, 0.1) is 0 Å². The summed E-state index contributed by atoms with van der Waals surface area (Å²) in [6.45, 7) is 6.28. The highest BCUT2D eigenvalue weighted by molar-refractivity contribution is 5.71. The second-order valence-corrected chi connectivity index (χ2v) is 18.0. The van der Waals surface area contributed by atoms with E-state index in [1.54, 1.807) is 0 Å². The fraction of sp³-hybridized carbons (Fsp3) is 0.554. The minimum absolute atomic E-state index is 0.116. The molecule has 0 aliphatic carbocycles. The number of carbonyl (C=O) groups excluding carboxylic acids is 3. The second-order valence-electron chi connectivity index (χ2n) is 18.0. The molecule has 0 aromatic heterocycles. The fourth-order valence-corrected chi connectivity index (χ4v) is 7.09. The molecule has 0 saturated carbocycles. The molecule has 0 aromatic carbocycles. The quantitative estimate of drug-likeness (QED) is 0.0199. The molecule has 6 nitrogen and oxygen atoms in total. The fourth-order valence-electron chi connectivity index (χ4n) is 7.09. The Morgan fingerprint density at radius 2 is 0.620 bits per heavy atom. The van der Waals surface area contributed by atoms with E-state index >= 15 is 0 Å². The highest BCUT2D eigenvalue weighted by Gasteiger charge is 2.19. The Hall–Kier alpha value is -4.97. The summed E-state index contributed by atoms with van der Waals surface area (Å²) in [5, 5.41) is 0. The number of hydrogen-bond acceptors (Lipinski definition) is 6. The van der Waals surface area contributed by atoms with Crippen molar-refractivity contribution in [1.29, 1.82) is 0 Å². The Bertz CT molecular complexity index is 1640. The van der Waals surface area contributed by atoms with E-state index in [1.807, 2.05) is 72.9 Å². The van der Waals surface area contributed by atoms with Crippen molar-refractivity contribution in [2.24, 2.45) is 0 Å². The second kappa shape index (κ2) is 57.6. The van der Waals surface area contributed by atoms with Crippen molar-refractivity contribution < 1.29 is 28.6 Å². The molecule has 1 unspecified atom stereocenters. The molecule has 0 amide bonds. The lowest BCUT2D eigenvalue weighted by Gasteiger charge is -2.18. The zero-order chi connectivity index (χ0) is 51.4. The first-order valence-corrected chi connectivity index (χ1v) is 28.1. The van der Waals surface area contributed by atoms with Crippen molar-refractivity contribution in [2.75, 3.05) is 13.2 Å². The summed E-state index contributed by atoms with van der Waals surface area (Å²) in [5.41, 5.74) is 0. The van der Waals surface area contributed by atoms with E-state index in [-0.39, 0.29) is 37.5 Å². The van der Waals surface area contributed by atoms with Crippen molar-refractivity contribution >= 4 is 17.9 Å². The monoisotopic (exact) mass is 977 g/mol. The number of carbonyl (C=O) groups is 3. The number of hydrogen-bond donors (Lipinski definition) is 0. The zero-order valence-corrected chi connectivity index (χ0v) is 45.2. The van der Waals surface area contributed by atoms with Crippen LogP contribution in [-0.2, 0) is 28.6 Å². The van der Waals surface area contributed by atoms with Crippen LogP contribution in [0.3, 0.4) is 0 Å². The smallest absolute Gasteiger partial charge is 0.306 e. The van der Waals surface area contributed by atoms with Crippen LogP contribution in [0.15, 0.2) is 158 Å². The van der Waals surface area contributed by atoms with Crippen molar-refractivity contribution in [3.8, 4) is 0 Å². The molecular weight excluding hydrogens is 877 g/mol. The van der Waals surface area contributed by atoms with Gasteiger partial charge in [-0.25, -0.2) is 0 Å². The van der Waals surface area contributed by atoms with Crippen molar-refractivity contribution in [1.82, 2.24) is 0 Å². The van der Waals surface area contributed by atoms with Gasteiger partial charge in [0.1, 0.15) is 13.2 Å². The average molecular weight is 978 g/mol. The van der Waals surface area contributed by atoms with Gasteiger partial charge >= 0.3 is 17.9 Å². The van der Waals surface area contributed by atoms with E-state index < -0.39 is 6.10 Å². The van der Waals surface area contributed by atoms with Crippen molar-refractivity contribution in [3.05, 3.63) is 158 Å². The van der Waals surface area contributed by atoms with Crippen LogP contribution >= 0.6 is 0 Å². The average Bonchev–Trinajstić information content (AvgIpc) is 3.37. The van der Waals surface area contributed by atoms with Gasteiger partial charge in [0.15, 0.2) is 6.10 Å². The maximum Gasteiger partial charge on any atom is 0.306 e. The van der Waals surface area contributed by atoms with Crippen LogP contribution < -0.4 is 0 Å². The topological polar surface area (TPSA) is 78.9 Å². The molecule has 0 spiro atoms. The van der Waals surface area contributed by atoms with Crippen LogP contribution in [0.25, 0.3) is 0 Å². The summed E-state index contributed by atoms with van der Waals surface area (Å²) in [7, 11) is 0. The van der Waals surface area contributed by atoms with E-state index in [4.69, 9.17) is 14.2 Å². The van der Waals surface area contributed by atoms with E-state index in [0.29, 0.717) is 19.3 Å². The van der Waals surface area contributed by atoms with Gasteiger partial charge in [-0.2, -0.15) is 0 Å². The van der Waals surface area contributed by atoms with E-state index in [9.17, 15) is 14.4 Å². The van der Waals surface area contributed by atoms with Crippen molar-refractivity contribution in [2.45, 2.75) is 219 Å². The summed E-state index contributed by atoms with van der Waals surface area (Å²) >= 11 is 0. The molecule has 6 heteroatoms. The molecule has 0 aliphatic heterocycles. The molecule has 396 valence electrons. The Labute approximate surface area is 435 Å². The number of esters is 3. The van der Waals surface area contributed by atoms with Crippen LogP contribution in [0.5, 0.6) is 0 Å². The molecule has 0 aliphatic rings. The number of unbranched alkanes of at least 4 members (excludes halogenated alkanes) is 19. The van der Waals surface area contributed by atoms with Gasteiger partial charge in [0.25, 0.3) is 0 Å². The van der Waals surface area contributed by atoms with Gasteiger partial charge < -0.3 is 14.2 Å². The lowest BCUT2D eigenvalue weighted by atomic mass is 10.1. The summed E-state index contributed by atoms with van der Waals surface area (Å²) in [5.74, 6) is -1.00. The number of rotatable bonds is 48. The minimum atomic E-state index is -0.823. The lowest BCUT2D eigenvalue weighted by Crippen LogP contribution is -2.30. The Morgan fingerprint density at radius 1 is 0.310 bits per heavy atom. The third-order valence-corrected chi connectivity index (χ3v) is 11.3. The van der Waals surface area contributed by atoms with E-state index in [0.717, 1.165) is 122 Å². The SMILES string of the molecule is CC\C=C/C=C\C=C/C=C\C=C\C=C/C=C\CCCCCC(=O)OCC(COC(=O)CCCCCCCC/C=C\C/C=C\C/C=C\CC)OC(=O)CCCCCCC\C=C/C=C\C=C/CCCCCCC. The van der Waals surface area contributed by atoms with Gasteiger partial charge in [0, 0.05) is 19.3 Å².